The van der Waals surface area contributed by atoms with E-state index in [2.05, 4.69) is 20.5 Å². The van der Waals surface area contributed by atoms with Crippen molar-refractivity contribution in [3.05, 3.63) is 0 Å². The molecule has 1 saturated carbocycles. The van der Waals surface area contributed by atoms with Crippen LogP contribution in [0.1, 0.15) is 32.1 Å². The van der Waals surface area contributed by atoms with Gasteiger partial charge in [-0.15, -0.1) is 0 Å². The summed E-state index contributed by atoms with van der Waals surface area (Å²) >= 11 is 0. The van der Waals surface area contributed by atoms with Gasteiger partial charge in [-0.3, -0.25) is 4.79 Å². The molecule has 2 fully saturated rings. The lowest BCUT2D eigenvalue weighted by atomic mass is 10.1. The SMILES string of the molecule is COCCNC(=NCC(=O)N(C)C)NC1CCN(CC2CCCC2)C1. The average Bonchev–Trinajstić information content (AvgIpc) is 3.24. The molecule has 7 heteroatoms. The lowest BCUT2D eigenvalue weighted by Gasteiger charge is -2.21. The van der Waals surface area contributed by atoms with E-state index in [0.717, 1.165) is 25.4 Å². The first-order valence-electron chi connectivity index (χ1n) is 9.54. The number of guanidine groups is 1. The van der Waals surface area contributed by atoms with E-state index in [0.29, 0.717) is 25.2 Å². The van der Waals surface area contributed by atoms with E-state index in [4.69, 9.17) is 4.74 Å². The van der Waals surface area contributed by atoms with E-state index in [9.17, 15) is 4.79 Å². The summed E-state index contributed by atoms with van der Waals surface area (Å²) in [4.78, 5) is 20.4. The maximum Gasteiger partial charge on any atom is 0.243 e. The minimum Gasteiger partial charge on any atom is -0.383 e. The standard InChI is InChI=1S/C18H35N5O2/c1-22(2)17(24)12-20-18(19-9-11-25-3)21-16-8-10-23(14-16)13-15-6-4-5-7-15/h15-16H,4-14H2,1-3H3,(H2,19,20,21). The van der Waals surface area contributed by atoms with Gasteiger partial charge in [0.25, 0.3) is 0 Å². The summed E-state index contributed by atoms with van der Waals surface area (Å²) in [5.74, 6) is 1.60. The van der Waals surface area contributed by atoms with Crippen molar-refractivity contribution >= 4 is 11.9 Å². The molecule has 0 bridgehead atoms. The molecule has 1 saturated heterocycles. The molecule has 0 aromatic carbocycles. The van der Waals surface area contributed by atoms with E-state index in [1.165, 1.54) is 32.2 Å². The van der Waals surface area contributed by atoms with Crippen LogP contribution in [0.3, 0.4) is 0 Å². The van der Waals surface area contributed by atoms with Crippen molar-refractivity contribution in [1.29, 1.82) is 0 Å². The van der Waals surface area contributed by atoms with Crippen LogP contribution in [0.4, 0.5) is 0 Å². The van der Waals surface area contributed by atoms with Crippen molar-refractivity contribution < 1.29 is 9.53 Å². The van der Waals surface area contributed by atoms with Gasteiger partial charge in [-0.25, -0.2) is 4.99 Å². The number of hydrogen-bond donors (Lipinski definition) is 2. The molecule has 2 N–H and O–H groups in total. The second kappa shape index (κ2) is 10.6. The first-order valence-corrected chi connectivity index (χ1v) is 9.54. The molecule has 1 aliphatic heterocycles. The van der Waals surface area contributed by atoms with Crippen molar-refractivity contribution in [3.63, 3.8) is 0 Å². The van der Waals surface area contributed by atoms with Crippen LogP contribution >= 0.6 is 0 Å². The Kier molecular flexibility index (Phi) is 8.48. The van der Waals surface area contributed by atoms with E-state index in [1.807, 2.05) is 0 Å². The van der Waals surface area contributed by atoms with Crippen LogP contribution in [0.5, 0.6) is 0 Å². The van der Waals surface area contributed by atoms with Crippen molar-refractivity contribution in [2.75, 3.05) is 60.5 Å². The topological polar surface area (TPSA) is 69.2 Å². The highest BCUT2D eigenvalue weighted by atomic mass is 16.5. The summed E-state index contributed by atoms with van der Waals surface area (Å²) in [5, 5.41) is 6.75. The zero-order valence-electron chi connectivity index (χ0n) is 16.1. The summed E-state index contributed by atoms with van der Waals surface area (Å²) in [5.41, 5.74) is 0. The average molecular weight is 354 g/mol. The molecular weight excluding hydrogens is 318 g/mol. The van der Waals surface area contributed by atoms with Gasteiger partial charge in [0.15, 0.2) is 5.96 Å². The van der Waals surface area contributed by atoms with Crippen molar-refractivity contribution in [1.82, 2.24) is 20.4 Å². The van der Waals surface area contributed by atoms with Crippen LogP contribution in [0.15, 0.2) is 4.99 Å². The third kappa shape index (κ3) is 7.20. The third-order valence-corrected chi connectivity index (χ3v) is 5.07. The Morgan fingerprint density at radius 1 is 1.28 bits per heavy atom. The number of methoxy groups -OCH3 is 1. The molecule has 25 heavy (non-hydrogen) atoms. The minimum absolute atomic E-state index is 0.00197. The Hall–Kier alpha value is -1.34. The highest BCUT2D eigenvalue weighted by Gasteiger charge is 2.26. The van der Waals surface area contributed by atoms with Gasteiger partial charge in [0.2, 0.25) is 5.91 Å². The quantitative estimate of drug-likeness (QED) is 0.378. The van der Waals surface area contributed by atoms with Crippen LogP contribution in [-0.2, 0) is 9.53 Å². The lowest BCUT2D eigenvalue weighted by molar-refractivity contribution is -0.127. The molecule has 1 atom stereocenters. The maximum absolute atomic E-state index is 11.8. The lowest BCUT2D eigenvalue weighted by Crippen LogP contribution is -2.46. The zero-order valence-corrected chi connectivity index (χ0v) is 16.1. The second-order valence-electron chi connectivity index (χ2n) is 7.41. The predicted octanol–water partition coefficient (Wildman–Crippen LogP) is 0.521. The largest absolute Gasteiger partial charge is 0.383 e. The van der Waals surface area contributed by atoms with Gasteiger partial charge in [0.05, 0.1) is 6.61 Å². The Bertz CT molecular complexity index is 435. The van der Waals surface area contributed by atoms with Gasteiger partial charge >= 0.3 is 0 Å². The van der Waals surface area contributed by atoms with Gasteiger partial charge in [-0.05, 0) is 25.2 Å². The van der Waals surface area contributed by atoms with Crippen LogP contribution in [0, 0.1) is 5.92 Å². The monoisotopic (exact) mass is 353 g/mol. The van der Waals surface area contributed by atoms with Crippen LogP contribution in [-0.4, -0.2) is 88.2 Å². The highest BCUT2D eigenvalue weighted by Crippen LogP contribution is 2.26. The molecule has 1 amide bonds. The Morgan fingerprint density at radius 3 is 2.72 bits per heavy atom. The van der Waals surface area contributed by atoms with E-state index in [-0.39, 0.29) is 12.5 Å². The van der Waals surface area contributed by atoms with Gasteiger partial charge in [0, 0.05) is 53.4 Å². The molecular formula is C18H35N5O2. The first kappa shape index (κ1) is 20.0. The molecule has 0 aromatic rings. The minimum atomic E-state index is 0.00197. The summed E-state index contributed by atoms with van der Waals surface area (Å²) in [7, 11) is 5.18. The van der Waals surface area contributed by atoms with Crippen molar-refractivity contribution in [2.45, 2.75) is 38.1 Å². The summed E-state index contributed by atoms with van der Waals surface area (Å²) in [6, 6.07) is 0.393. The first-order chi connectivity index (χ1) is 12.1. The number of likely N-dealkylation sites (tertiary alicyclic amines) is 1. The zero-order chi connectivity index (χ0) is 18.1. The fraction of sp³-hybridized carbons (Fsp3) is 0.889. The number of hydrogen-bond acceptors (Lipinski definition) is 4. The number of likely N-dealkylation sites (N-methyl/N-ethyl adjacent to an activating group) is 1. The fourth-order valence-electron chi connectivity index (χ4n) is 3.58. The fourth-order valence-corrected chi connectivity index (χ4v) is 3.58. The van der Waals surface area contributed by atoms with E-state index < -0.39 is 0 Å². The molecule has 0 radical (unpaired) electrons. The van der Waals surface area contributed by atoms with E-state index in [1.54, 1.807) is 26.1 Å². The van der Waals surface area contributed by atoms with Gasteiger partial charge in [-0.2, -0.15) is 0 Å². The molecule has 7 nitrogen and oxygen atoms in total. The molecule has 2 aliphatic rings. The number of carbonyl (C=O) groups excluding carboxylic acids is 1. The number of aliphatic imine (C=N–C) groups is 1. The molecule has 1 heterocycles. The number of carbonyl (C=O) groups is 1. The maximum atomic E-state index is 11.8. The summed E-state index contributed by atoms with van der Waals surface area (Å²) in [6.45, 7) is 4.89. The van der Waals surface area contributed by atoms with Gasteiger partial charge in [0.1, 0.15) is 6.54 Å². The van der Waals surface area contributed by atoms with Crippen LogP contribution < -0.4 is 10.6 Å². The molecule has 2 rings (SSSR count). The van der Waals surface area contributed by atoms with Crippen molar-refractivity contribution in [2.24, 2.45) is 10.9 Å². The number of nitrogens with one attached hydrogen (secondary N) is 2. The molecule has 0 spiro atoms. The van der Waals surface area contributed by atoms with Crippen molar-refractivity contribution in [3.8, 4) is 0 Å². The highest BCUT2D eigenvalue weighted by molar-refractivity contribution is 5.84. The number of nitrogens with zero attached hydrogens (tertiary/aromatic N) is 3. The number of rotatable bonds is 8. The third-order valence-electron chi connectivity index (χ3n) is 5.07. The second-order valence-corrected chi connectivity index (χ2v) is 7.41. The molecule has 0 aromatic heterocycles. The Morgan fingerprint density at radius 2 is 2.04 bits per heavy atom. The van der Waals surface area contributed by atoms with Crippen LogP contribution in [0.25, 0.3) is 0 Å². The number of ether oxygens (including phenoxy) is 1. The summed E-state index contributed by atoms with van der Waals surface area (Å²) < 4.78 is 5.09. The summed E-state index contributed by atoms with van der Waals surface area (Å²) in [6.07, 6.45) is 6.72. The van der Waals surface area contributed by atoms with Gasteiger partial charge in [-0.1, -0.05) is 12.8 Å². The van der Waals surface area contributed by atoms with E-state index >= 15 is 0 Å². The molecule has 144 valence electrons. The predicted molar refractivity (Wildman–Crippen MR) is 101 cm³/mol. The smallest absolute Gasteiger partial charge is 0.243 e. The molecule has 1 unspecified atom stereocenters. The van der Waals surface area contributed by atoms with Gasteiger partial charge < -0.3 is 25.2 Å². The molecule has 1 aliphatic carbocycles. The normalized spacial score (nSPS) is 22.4. The Labute approximate surface area is 152 Å². The number of amides is 1. The van der Waals surface area contributed by atoms with Crippen LogP contribution in [0.2, 0.25) is 0 Å². The Balaban J connectivity index is 1.80.